The lowest BCUT2D eigenvalue weighted by Gasteiger charge is -2.34. The Morgan fingerprint density at radius 3 is 2.52 bits per heavy atom. The molecule has 2 atom stereocenters. The number of hydrogen-bond acceptors (Lipinski definition) is 4. The molecule has 3 fully saturated rings. The second kappa shape index (κ2) is 6.63. The van der Waals surface area contributed by atoms with Gasteiger partial charge in [0.05, 0.1) is 12.6 Å². The highest BCUT2D eigenvalue weighted by Crippen LogP contribution is 2.39. The van der Waals surface area contributed by atoms with Gasteiger partial charge in [0.2, 0.25) is 5.91 Å². The molecule has 5 nitrogen and oxygen atoms in total. The van der Waals surface area contributed by atoms with Crippen molar-refractivity contribution in [2.24, 2.45) is 5.92 Å². The zero-order valence-electron chi connectivity index (χ0n) is 13.4. The van der Waals surface area contributed by atoms with Gasteiger partial charge in [0.25, 0.3) is 0 Å². The minimum Gasteiger partial charge on any atom is -0.376 e. The molecule has 0 bridgehead atoms. The van der Waals surface area contributed by atoms with Gasteiger partial charge in [0.1, 0.15) is 0 Å². The average Bonchev–Trinajstić information content (AvgIpc) is 3.21. The fraction of sp³-hybridized carbons (Fsp3) is 0.938. The van der Waals surface area contributed by atoms with E-state index in [2.05, 4.69) is 10.2 Å². The third kappa shape index (κ3) is 3.96. The van der Waals surface area contributed by atoms with E-state index in [-0.39, 0.29) is 5.91 Å². The summed E-state index contributed by atoms with van der Waals surface area (Å²) < 4.78 is 5.91. The highest BCUT2D eigenvalue weighted by molar-refractivity contribution is 5.77. The Kier molecular flexibility index (Phi) is 4.82. The summed E-state index contributed by atoms with van der Waals surface area (Å²) in [5.41, 5.74) is 0. The van der Waals surface area contributed by atoms with E-state index in [1.54, 1.807) is 4.90 Å². The van der Waals surface area contributed by atoms with E-state index in [1.165, 1.54) is 19.3 Å². The summed E-state index contributed by atoms with van der Waals surface area (Å²) in [5, 5.41) is 3.84. The third-order valence-electron chi connectivity index (χ3n) is 5.12. The van der Waals surface area contributed by atoms with Gasteiger partial charge in [-0.05, 0) is 38.0 Å². The molecule has 0 aromatic rings. The number of rotatable bonds is 5. The first kappa shape index (κ1) is 15.3. The van der Waals surface area contributed by atoms with Gasteiger partial charge in [-0.15, -0.1) is 0 Å². The van der Waals surface area contributed by atoms with Crippen LogP contribution in [0.5, 0.6) is 0 Å². The van der Waals surface area contributed by atoms with Crippen molar-refractivity contribution < 1.29 is 9.53 Å². The molecule has 0 aromatic carbocycles. The fourth-order valence-electron chi connectivity index (χ4n) is 3.57. The molecular formula is C16H29N3O2. The maximum Gasteiger partial charge on any atom is 0.236 e. The van der Waals surface area contributed by atoms with Crippen molar-refractivity contribution in [1.29, 1.82) is 0 Å². The van der Waals surface area contributed by atoms with Crippen molar-refractivity contribution in [3.8, 4) is 0 Å². The Bertz CT molecular complexity index is 363. The molecule has 0 aromatic heterocycles. The van der Waals surface area contributed by atoms with Crippen LogP contribution in [-0.2, 0) is 9.53 Å². The maximum absolute atomic E-state index is 11.7. The number of hydrogen-bond donors (Lipinski definition) is 1. The van der Waals surface area contributed by atoms with Crippen molar-refractivity contribution in [3.05, 3.63) is 0 Å². The number of ether oxygens (including phenoxy) is 1. The molecule has 21 heavy (non-hydrogen) atoms. The summed E-state index contributed by atoms with van der Waals surface area (Å²) >= 11 is 0. The monoisotopic (exact) mass is 295 g/mol. The quantitative estimate of drug-likeness (QED) is 0.811. The Morgan fingerprint density at radius 1 is 1.19 bits per heavy atom. The first-order valence-electron chi connectivity index (χ1n) is 8.43. The van der Waals surface area contributed by atoms with E-state index in [9.17, 15) is 4.79 Å². The molecule has 0 spiro atoms. The molecule has 120 valence electrons. The van der Waals surface area contributed by atoms with E-state index >= 15 is 0 Å². The Morgan fingerprint density at radius 2 is 1.90 bits per heavy atom. The van der Waals surface area contributed by atoms with E-state index in [0.29, 0.717) is 24.7 Å². The molecule has 3 aliphatic rings. The molecule has 1 amide bonds. The van der Waals surface area contributed by atoms with Crippen LogP contribution in [0.3, 0.4) is 0 Å². The average molecular weight is 295 g/mol. The van der Waals surface area contributed by atoms with Crippen LogP contribution in [0.1, 0.15) is 32.1 Å². The van der Waals surface area contributed by atoms with Gasteiger partial charge in [0, 0.05) is 45.9 Å². The smallest absolute Gasteiger partial charge is 0.236 e. The normalized spacial score (nSPS) is 31.5. The standard InChI is InChI=1S/C16H29N3O2/c1-18(2)15(20)11-19-8-5-13(6-9-19)17-14-7-10-21-16(14)12-3-4-12/h12-14,16-17H,3-11H2,1-2H3. The minimum absolute atomic E-state index is 0.208. The van der Waals surface area contributed by atoms with Crippen LogP contribution >= 0.6 is 0 Å². The number of nitrogens with zero attached hydrogens (tertiary/aromatic N) is 2. The molecule has 2 unspecified atom stereocenters. The number of likely N-dealkylation sites (tertiary alicyclic amines) is 1. The third-order valence-corrected chi connectivity index (χ3v) is 5.12. The summed E-state index contributed by atoms with van der Waals surface area (Å²) in [4.78, 5) is 15.7. The minimum atomic E-state index is 0.208. The summed E-state index contributed by atoms with van der Waals surface area (Å²) in [6.07, 6.45) is 6.64. The largest absolute Gasteiger partial charge is 0.376 e. The fourth-order valence-corrected chi connectivity index (χ4v) is 3.57. The van der Waals surface area contributed by atoms with Crippen LogP contribution in [0.4, 0.5) is 0 Å². The summed E-state index contributed by atoms with van der Waals surface area (Å²) in [5.74, 6) is 1.03. The second-order valence-corrected chi connectivity index (χ2v) is 7.07. The molecular weight excluding hydrogens is 266 g/mol. The zero-order chi connectivity index (χ0) is 14.8. The van der Waals surface area contributed by atoms with Gasteiger partial charge in [-0.2, -0.15) is 0 Å². The molecule has 2 saturated heterocycles. The first-order chi connectivity index (χ1) is 10.1. The first-order valence-corrected chi connectivity index (χ1v) is 8.43. The Labute approximate surface area is 128 Å². The number of carbonyl (C=O) groups excluding carboxylic acids is 1. The van der Waals surface area contributed by atoms with Gasteiger partial charge < -0.3 is 15.0 Å². The topological polar surface area (TPSA) is 44.8 Å². The Hall–Kier alpha value is -0.650. The molecule has 1 saturated carbocycles. The highest BCUT2D eigenvalue weighted by Gasteiger charge is 2.41. The number of likely N-dealkylation sites (N-methyl/N-ethyl adjacent to an activating group) is 1. The summed E-state index contributed by atoms with van der Waals surface area (Å²) in [6, 6.07) is 1.17. The zero-order valence-corrected chi connectivity index (χ0v) is 13.4. The SMILES string of the molecule is CN(C)C(=O)CN1CCC(NC2CCOC2C2CC2)CC1. The van der Waals surface area contributed by atoms with Crippen LogP contribution in [0.2, 0.25) is 0 Å². The van der Waals surface area contributed by atoms with Crippen LogP contribution in [-0.4, -0.2) is 74.2 Å². The summed E-state index contributed by atoms with van der Waals surface area (Å²) in [7, 11) is 3.66. The van der Waals surface area contributed by atoms with E-state index in [4.69, 9.17) is 4.74 Å². The predicted octanol–water partition coefficient (Wildman–Crippen LogP) is 0.696. The molecule has 3 rings (SSSR count). The number of amides is 1. The second-order valence-electron chi connectivity index (χ2n) is 7.07. The Balaban J connectivity index is 1.40. The molecule has 1 aliphatic carbocycles. The lowest BCUT2D eigenvalue weighted by atomic mass is 10.00. The number of carbonyl (C=O) groups is 1. The van der Waals surface area contributed by atoms with Crippen molar-refractivity contribution in [3.63, 3.8) is 0 Å². The molecule has 2 aliphatic heterocycles. The lowest BCUT2D eigenvalue weighted by molar-refractivity contribution is -0.130. The van der Waals surface area contributed by atoms with Crippen LogP contribution < -0.4 is 5.32 Å². The molecule has 1 N–H and O–H groups in total. The van der Waals surface area contributed by atoms with E-state index < -0.39 is 0 Å². The van der Waals surface area contributed by atoms with Crippen molar-refractivity contribution >= 4 is 5.91 Å². The van der Waals surface area contributed by atoms with Crippen molar-refractivity contribution in [2.45, 2.75) is 50.3 Å². The van der Waals surface area contributed by atoms with Crippen molar-refractivity contribution in [1.82, 2.24) is 15.1 Å². The maximum atomic E-state index is 11.7. The van der Waals surface area contributed by atoms with Crippen molar-refractivity contribution in [2.75, 3.05) is 40.3 Å². The molecule has 5 heteroatoms. The van der Waals surface area contributed by atoms with Gasteiger partial charge in [0.15, 0.2) is 0 Å². The van der Waals surface area contributed by atoms with Gasteiger partial charge in [-0.1, -0.05) is 0 Å². The number of piperidine rings is 1. The predicted molar refractivity (Wildman–Crippen MR) is 82.2 cm³/mol. The number of nitrogens with one attached hydrogen (secondary N) is 1. The van der Waals surface area contributed by atoms with Gasteiger partial charge >= 0.3 is 0 Å². The van der Waals surface area contributed by atoms with Gasteiger partial charge in [-0.3, -0.25) is 9.69 Å². The van der Waals surface area contributed by atoms with Crippen LogP contribution in [0.25, 0.3) is 0 Å². The van der Waals surface area contributed by atoms with Crippen LogP contribution in [0, 0.1) is 5.92 Å². The molecule has 0 radical (unpaired) electrons. The van der Waals surface area contributed by atoms with Gasteiger partial charge in [-0.25, -0.2) is 0 Å². The lowest BCUT2D eigenvalue weighted by Crippen LogP contribution is -2.50. The van der Waals surface area contributed by atoms with E-state index in [0.717, 1.165) is 38.5 Å². The van der Waals surface area contributed by atoms with Crippen LogP contribution in [0.15, 0.2) is 0 Å². The van der Waals surface area contributed by atoms with E-state index in [1.807, 2.05) is 14.1 Å². The highest BCUT2D eigenvalue weighted by atomic mass is 16.5. The molecule has 2 heterocycles. The summed E-state index contributed by atoms with van der Waals surface area (Å²) in [6.45, 7) is 3.55.